The minimum Gasteiger partial charge on any atom is -0.379 e. The van der Waals surface area contributed by atoms with Gasteiger partial charge >= 0.3 is 0 Å². The third-order valence-corrected chi connectivity index (χ3v) is 5.30. The number of nitrogens with zero attached hydrogens (tertiary/aromatic N) is 1. The number of aliphatic imine (C=N–C) groups is 1. The summed E-state index contributed by atoms with van der Waals surface area (Å²) in [5.74, 6) is -0.332. The number of alkyl halides is 1. The first-order valence-corrected chi connectivity index (χ1v) is 7.95. The molecule has 1 aromatic rings. The van der Waals surface area contributed by atoms with Gasteiger partial charge in [-0.15, -0.1) is 0 Å². The second-order valence-electron chi connectivity index (χ2n) is 4.99. The highest BCUT2D eigenvalue weighted by Gasteiger charge is 2.59. The number of rotatable bonds is 1. The van der Waals surface area contributed by atoms with Crippen molar-refractivity contribution in [2.45, 2.75) is 17.6 Å². The molecule has 2 atom stereocenters. The Balaban J connectivity index is 2.23. The summed E-state index contributed by atoms with van der Waals surface area (Å²) in [5.41, 5.74) is 2.91. The van der Waals surface area contributed by atoms with E-state index in [1.165, 1.54) is 17.8 Å². The molecule has 1 fully saturated rings. The highest BCUT2D eigenvalue weighted by atomic mass is 79.9. The van der Waals surface area contributed by atoms with E-state index in [1.807, 2.05) is 0 Å². The summed E-state index contributed by atoms with van der Waals surface area (Å²) in [5, 5.41) is 0.267. The van der Waals surface area contributed by atoms with Crippen molar-refractivity contribution < 1.29 is 13.5 Å². The number of nitrogens with two attached hydrogens (primary N) is 1. The van der Waals surface area contributed by atoms with Crippen LogP contribution in [0.15, 0.2) is 27.7 Å². The second kappa shape index (κ2) is 4.96. The fraction of sp³-hybridized carbons (Fsp3) is 0.462. The van der Waals surface area contributed by atoms with E-state index in [-0.39, 0.29) is 29.5 Å². The van der Waals surface area contributed by atoms with Crippen molar-refractivity contribution in [1.29, 1.82) is 0 Å². The average Bonchev–Trinajstić information content (AvgIpc) is 2.42. The smallest absolute Gasteiger partial charge is 0.155 e. The molecule has 20 heavy (non-hydrogen) atoms. The van der Waals surface area contributed by atoms with E-state index in [4.69, 9.17) is 10.5 Å². The van der Waals surface area contributed by atoms with Gasteiger partial charge < -0.3 is 10.5 Å². The van der Waals surface area contributed by atoms with Gasteiger partial charge in [0.25, 0.3) is 0 Å². The predicted octanol–water partition coefficient (Wildman–Crippen LogP) is 2.97. The van der Waals surface area contributed by atoms with E-state index in [9.17, 15) is 4.39 Å². The van der Waals surface area contributed by atoms with Crippen molar-refractivity contribution >= 4 is 32.9 Å². The van der Waals surface area contributed by atoms with Gasteiger partial charge in [-0.3, -0.25) is 0 Å². The van der Waals surface area contributed by atoms with Gasteiger partial charge in [0.15, 0.2) is 10.8 Å². The summed E-state index contributed by atoms with van der Waals surface area (Å²) in [6, 6.07) is 4.44. The maximum atomic E-state index is 15.4. The van der Waals surface area contributed by atoms with Crippen molar-refractivity contribution in [1.82, 2.24) is 0 Å². The molecule has 0 spiro atoms. The quantitative estimate of drug-likeness (QED) is 0.835. The average molecular weight is 363 g/mol. The van der Waals surface area contributed by atoms with Crippen LogP contribution in [0.2, 0.25) is 0 Å². The molecule has 3 nitrogen and oxygen atoms in total. The molecule has 0 aliphatic carbocycles. The van der Waals surface area contributed by atoms with E-state index in [2.05, 4.69) is 20.9 Å². The number of fused-ring (bicyclic) bond motifs is 1. The monoisotopic (exact) mass is 362 g/mol. The largest absolute Gasteiger partial charge is 0.379 e. The zero-order valence-electron chi connectivity index (χ0n) is 10.5. The molecular weight excluding hydrogens is 350 g/mol. The van der Waals surface area contributed by atoms with E-state index >= 15 is 4.39 Å². The van der Waals surface area contributed by atoms with Gasteiger partial charge in [-0.2, -0.15) is 0 Å². The van der Waals surface area contributed by atoms with Gasteiger partial charge in [-0.1, -0.05) is 27.7 Å². The highest BCUT2D eigenvalue weighted by Crippen LogP contribution is 2.50. The topological polar surface area (TPSA) is 47.6 Å². The molecular formula is C13H13BrF2N2OS. The van der Waals surface area contributed by atoms with Crippen LogP contribution in [0.1, 0.15) is 12.0 Å². The molecule has 3 rings (SSSR count). The van der Waals surface area contributed by atoms with Crippen LogP contribution in [0.25, 0.3) is 0 Å². The molecule has 2 heterocycles. The Morgan fingerprint density at radius 1 is 1.45 bits per heavy atom. The second-order valence-corrected chi connectivity index (χ2v) is 6.90. The first-order valence-electron chi connectivity index (χ1n) is 6.17. The Morgan fingerprint density at radius 2 is 2.25 bits per heavy atom. The van der Waals surface area contributed by atoms with E-state index in [1.54, 1.807) is 12.1 Å². The van der Waals surface area contributed by atoms with Crippen molar-refractivity contribution in [2.75, 3.05) is 19.0 Å². The van der Waals surface area contributed by atoms with Crippen molar-refractivity contribution in [3.63, 3.8) is 0 Å². The third-order valence-electron chi connectivity index (χ3n) is 3.82. The summed E-state index contributed by atoms with van der Waals surface area (Å²) in [6.07, 6.45) is 0.183. The summed E-state index contributed by atoms with van der Waals surface area (Å²) >= 11 is 4.46. The van der Waals surface area contributed by atoms with Crippen LogP contribution in [0, 0.1) is 5.82 Å². The summed E-state index contributed by atoms with van der Waals surface area (Å²) < 4.78 is 35.7. The van der Waals surface area contributed by atoms with Crippen LogP contribution in [-0.4, -0.2) is 29.8 Å². The molecule has 0 radical (unpaired) electrons. The lowest BCUT2D eigenvalue weighted by Crippen LogP contribution is -2.59. The van der Waals surface area contributed by atoms with Gasteiger partial charge in [0.05, 0.1) is 6.61 Å². The normalized spacial score (nSPS) is 33.5. The molecule has 0 amide bonds. The minimum atomic E-state index is -1.65. The van der Waals surface area contributed by atoms with Crippen LogP contribution in [0.4, 0.5) is 8.78 Å². The molecule has 2 aliphatic rings. The minimum absolute atomic E-state index is 0.00185. The van der Waals surface area contributed by atoms with Crippen LogP contribution >= 0.6 is 27.7 Å². The van der Waals surface area contributed by atoms with Crippen LogP contribution in [-0.2, 0) is 10.3 Å². The standard InChI is InChI=1S/C13H13BrF2N2OS/c14-8-1-2-10(15)9(5-8)13-6-19-4-3-12(13,16)7-20-11(17)18-13/h1-2,5H,3-4,6-7H2,(H2,17,18)/t12-,13-/m1/s1. The lowest BCUT2D eigenvalue weighted by molar-refractivity contribution is -0.0706. The summed E-state index contributed by atoms with van der Waals surface area (Å²) in [7, 11) is 0. The number of amidine groups is 1. The number of ether oxygens (including phenoxy) is 1. The van der Waals surface area contributed by atoms with Gasteiger partial charge in [0, 0.05) is 28.8 Å². The number of hydrogen-bond acceptors (Lipinski definition) is 4. The molecule has 108 valence electrons. The fourth-order valence-electron chi connectivity index (χ4n) is 2.72. The summed E-state index contributed by atoms with van der Waals surface area (Å²) in [6.45, 7) is 0.308. The predicted molar refractivity (Wildman–Crippen MR) is 79.1 cm³/mol. The van der Waals surface area contributed by atoms with Gasteiger partial charge in [0.2, 0.25) is 0 Å². The SMILES string of the molecule is NC1=N[C@@]2(c3cc(Br)ccc3F)COCC[C@@]2(F)CS1. The summed E-state index contributed by atoms with van der Waals surface area (Å²) in [4.78, 5) is 4.28. The molecule has 7 heteroatoms. The molecule has 1 aromatic carbocycles. The van der Waals surface area contributed by atoms with E-state index in [0.717, 1.165) is 0 Å². The molecule has 2 aliphatic heterocycles. The van der Waals surface area contributed by atoms with Crippen LogP contribution < -0.4 is 5.73 Å². The Kier molecular flexibility index (Phi) is 3.54. The number of thioether (sulfide) groups is 1. The van der Waals surface area contributed by atoms with E-state index < -0.39 is 17.0 Å². The lowest BCUT2D eigenvalue weighted by atomic mass is 9.74. The number of halogens is 3. The molecule has 2 N–H and O–H groups in total. The molecule has 1 saturated heterocycles. The molecule has 0 aromatic heterocycles. The highest BCUT2D eigenvalue weighted by molar-refractivity contribution is 9.10. The van der Waals surface area contributed by atoms with Crippen LogP contribution in [0.3, 0.4) is 0 Å². The van der Waals surface area contributed by atoms with Crippen molar-refractivity contribution in [3.8, 4) is 0 Å². The molecule has 0 bridgehead atoms. The Hall–Kier alpha value is -0.660. The lowest BCUT2D eigenvalue weighted by Gasteiger charge is -2.48. The first kappa shape index (κ1) is 14.3. The first-order chi connectivity index (χ1) is 9.47. The van der Waals surface area contributed by atoms with Gasteiger partial charge in [-0.25, -0.2) is 13.8 Å². The molecule has 0 saturated carbocycles. The van der Waals surface area contributed by atoms with Gasteiger partial charge in [0.1, 0.15) is 11.4 Å². The maximum absolute atomic E-state index is 15.4. The zero-order chi connectivity index (χ0) is 14.4. The zero-order valence-corrected chi connectivity index (χ0v) is 12.9. The maximum Gasteiger partial charge on any atom is 0.155 e. The Bertz CT molecular complexity index is 585. The Morgan fingerprint density at radius 3 is 3.05 bits per heavy atom. The van der Waals surface area contributed by atoms with Crippen LogP contribution in [0.5, 0.6) is 0 Å². The number of hydrogen-bond donors (Lipinski definition) is 1. The number of benzene rings is 1. The fourth-order valence-corrected chi connectivity index (χ4v) is 4.06. The third kappa shape index (κ3) is 2.07. The molecule has 0 unspecified atom stereocenters. The van der Waals surface area contributed by atoms with Crippen molar-refractivity contribution in [3.05, 3.63) is 34.1 Å². The van der Waals surface area contributed by atoms with Gasteiger partial charge in [-0.05, 0) is 18.2 Å². The Labute approximate surface area is 128 Å². The van der Waals surface area contributed by atoms with Crippen molar-refractivity contribution in [2.24, 2.45) is 10.7 Å². The van der Waals surface area contributed by atoms with E-state index in [0.29, 0.717) is 11.1 Å².